The second-order valence-corrected chi connectivity index (χ2v) is 11.0. The highest BCUT2D eigenvalue weighted by Gasteiger charge is 2.28. The molecule has 3 aromatic rings. The van der Waals surface area contributed by atoms with E-state index in [1.54, 1.807) is 0 Å². The van der Waals surface area contributed by atoms with Crippen molar-refractivity contribution in [3.05, 3.63) is 119 Å². The van der Waals surface area contributed by atoms with Crippen LogP contribution in [0.4, 0.5) is 17.1 Å². The van der Waals surface area contributed by atoms with E-state index in [0.717, 1.165) is 38.2 Å². The number of hydrogen-bond donors (Lipinski definition) is 1. The molecule has 1 aliphatic carbocycles. The first-order chi connectivity index (χ1) is 19.4. The average molecular weight is 531 g/mol. The molecule has 4 heteroatoms. The van der Waals surface area contributed by atoms with Crippen molar-refractivity contribution in [1.82, 2.24) is 4.90 Å². The number of anilines is 3. The van der Waals surface area contributed by atoms with E-state index >= 15 is 0 Å². The summed E-state index contributed by atoms with van der Waals surface area (Å²) in [4.78, 5) is 7.17. The Morgan fingerprint density at radius 2 is 1.45 bits per heavy atom. The molecule has 4 nitrogen and oxygen atoms in total. The van der Waals surface area contributed by atoms with Gasteiger partial charge in [0.25, 0.3) is 0 Å². The third-order valence-electron chi connectivity index (χ3n) is 8.22. The second kappa shape index (κ2) is 12.1. The van der Waals surface area contributed by atoms with Gasteiger partial charge in [-0.05, 0) is 111 Å². The van der Waals surface area contributed by atoms with Gasteiger partial charge in [0.1, 0.15) is 0 Å². The van der Waals surface area contributed by atoms with Crippen molar-refractivity contribution in [1.29, 1.82) is 5.41 Å². The molecule has 0 radical (unpaired) electrons. The third kappa shape index (κ3) is 5.55. The van der Waals surface area contributed by atoms with E-state index in [1.165, 1.54) is 44.9 Å². The highest BCUT2D eigenvalue weighted by Crippen LogP contribution is 2.46. The van der Waals surface area contributed by atoms with Gasteiger partial charge in [0.2, 0.25) is 0 Å². The molecule has 1 unspecified atom stereocenters. The van der Waals surface area contributed by atoms with Crippen LogP contribution in [-0.2, 0) is 0 Å². The molecule has 3 aromatic carbocycles. The Bertz CT molecular complexity index is 1440. The summed E-state index contributed by atoms with van der Waals surface area (Å²) in [5.41, 5.74) is 11.9. The van der Waals surface area contributed by atoms with Crippen LogP contribution in [0, 0.1) is 5.41 Å². The average Bonchev–Trinajstić information content (AvgIpc) is 2.97. The molecule has 0 aromatic heterocycles. The molecule has 1 heterocycles. The van der Waals surface area contributed by atoms with Gasteiger partial charge in [0.05, 0.1) is 5.71 Å². The van der Waals surface area contributed by atoms with Crippen LogP contribution in [-0.4, -0.2) is 50.9 Å². The van der Waals surface area contributed by atoms with Crippen LogP contribution in [0.3, 0.4) is 0 Å². The minimum absolute atomic E-state index is 0.338. The standard InChI is InChI=1S/C36H42N4/c1-6-39(7-2)31-20-15-28(16-21-31)36(27-13-18-30(37)19-14-27)29-17-22-33-26(3)32-11-8-9-12-34(32)40(35(33)25-29)24-10-23-38(4)5/h8-9,11-22,25-26,37H,6-7,10,23-24H2,1-5H3. The Morgan fingerprint density at radius 1 is 0.800 bits per heavy atom. The lowest BCUT2D eigenvalue weighted by atomic mass is 9.83. The van der Waals surface area contributed by atoms with Crippen LogP contribution in [0.15, 0.2) is 96.6 Å². The highest BCUT2D eigenvalue weighted by atomic mass is 15.2. The molecule has 1 N–H and O–H groups in total. The maximum Gasteiger partial charge on any atom is 0.0540 e. The largest absolute Gasteiger partial charge is 0.372 e. The van der Waals surface area contributed by atoms with Gasteiger partial charge in [-0.15, -0.1) is 0 Å². The molecule has 40 heavy (non-hydrogen) atoms. The lowest BCUT2D eigenvalue weighted by molar-refractivity contribution is 0.402. The Morgan fingerprint density at radius 3 is 2.12 bits per heavy atom. The monoisotopic (exact) mass is 530 g/mol. The normalized spacial score (nSPS) is 15.8. The Hall–Kier alpha value is -3.89. The molecule has 5 rings (SSSR count). The van der Waals surface area contributed by atoms with Gasteiger partial charge >= 0.3 is 0 Å². The molecule has 0 saturated carbocycles. The second-order valence-electron chi connectivity index (χ2n) is 11.0. The zero-order valence-corrected chi connectivity index (χ0v) is 24.6. The van der Waals surface area contributed by atoms with Gasteiger partial charge in [0, 0.05) is 42.6 Å². The quantitative estimate of drug-likeness (QED) is 0.304. The van der Waals surface area contributed by atoms with Crippen molar-refractivity contribution in [3.8, 4) is 0 Å². The van der Waals surface area contributed by atoms with Crippen molar-refractivity contribution in [2.75, 3.05) is 50.1 Å². The molecular formula is C36H42N4. The number of para-hydroxylation sites is 1. The molecule has 206 valence electrons. The van der Waals surface area contributed by atoms with Gasteiger partial charge in [-0.2, -0.15) is 0 Å². The number of allylic oxidation sites excluding steroid dienone is 5. The van der Waals surface area contributed by atoms with E-state index in [0.29, 0.717) is 11.6 Å². The van der Waals surface area contributed by atoms with Crippen molar-refractivity contribution < 1.29 is 0 Å². The molecule has 0 amide bonds. The first kappa shape index (κ1) is 27.7. The Kier molecular flexibility index (Phi) is 8.37. The van der Waals surface area contributed by atoms with E-state index < -0.39 is 0 Å². The molecule has 0 bridgehead atoms. The summed E-state index contributed by atoms with van der Waals surface area (Å²) in [6.07, 6.45) is 9.05. The summed E-state index contributed by atoms with van der Waals surface area (Å²) < 4.78 is 0. The van der Waals surface area contributed by atoms with E-state index in [1.807, 2.05) is 12.2 Å². The van der Waals surface area contributed by atoms with Crippen LogP contribution < -0.4 is 9.80 Å². The van der Waals surface area contributed by atoms with Gasteiger partial charge in [-0.1, -0.05) is 61.5 Å². The molecule has 1 atom stereocenters. The highest BCUT2D eigenvalue weighted by molar-refractivity contribution is 6.05. The molecule has 0 saturated heterocycles. The predicted molar refractivity (Wildman–Crippen MR) is 173 cm³/mol. The van der Waals surface area contributed by atoms with Crippen LogP contribution in [0.2, 0.25) is 0 Å². The first-order valence-corrected chi connectivity index (χ1v) is 14.6. The molecule has 0 spiro atoms. The zero-order valence-electron chi connectivity index (χ0n) is 24.6. The van der Waals surface area contributed by atoms with Gasteiger partial charge < -0.3 is 20.1 Å². The van der Waals surface area contributed by atoms with Gasteiger partial charge in [-0.3, -0.25) is 0 Å². The topological polar surface area (TPSA) is 33.6 Å². The number of nitrogens with zero attached hydrogens (tertiary/aromatic N) is 3. The molecular weight excluding hydrogens is 488 g/mol. The fourth-order valence-electron chi connectivity index (χ4n) is 6.05. The fraction of sp³-hybridized carbons (Fsp3) is 0.306. The maximum absolute atomic E-state index is 8.07. The maximum atomic E-state index is 8.07. The summed E-state index contributed by atoms with van der Waals surface area (Å²) in [5.74, 6) is 0.338. The summed E-state index contributed by atoms with van der Waals surface area (Å²) in [5, 5.41) is 8.07. The number of rotatable bonds is 9. The summed E-state index contributed by atoms with van der Waals surface area (Å²) in [6.45, 7) is 10.7. The lowest BCUT2D eigenvalue weighted by Gasteiger charge is -2.37. The first-order valence-electron chi connectivity index (χ1n) is 14.6. The van der Waals surface area contributed by atoms with Crippen LogP contribution in [0.5, 0.6) is 0 Å². The summed E-state index contributed by atoms with van der Waals surface area (Å²) >= 11 is 0. The summed E-state index contributed by atoms with van der Waals surface area (Å²) in [6, 6.07) is 24.9. The van der Waals surface area contributed by atoms with Gasteiger partial charge in [0.15, 0.2) is 0 Å². The minimum Gasteiger partial charge on any atom is -0.372 e. The van der Waals surface area contributed by atoms with Gasteiger partial charge in [-0.25, -0.2) is 0 Å². The Balaban J connectivity index is 1.63. The minimum atomic E-state index is 0.338. The fourth-order valence-corrected chi connectivity index (χ4v) is 6.05. The van der Waals surface area contributed by atoms with Crippen molar-refractivity contribution in [3.63, 3.8) is 0 Å². The number of hydrogen-bond acceptors (Lipinski definition) is 4. The number of fused-ring (bicyclic) bond motifs is 2. The van der Waals surface area contributed by atoms with Crippen LogP contribution >= 0.6 is 0 Å². The number of benzene rings is 3. The summed E-state index contributed by atoms with van der Waals surface area (Å²) in [7, 11) is 4.29. The lowest BCUT2D eigenvalue weighted by Crippen LogP contribution is -2.28. The van der Waals surface area contributed by atoms with E-state index in [9.17, 15) is 0 Å². The van der Waals surface area contributed by atoms with E-state index in [2.05, 4.69) is 128 Å². The van der Waals surface area contributed by atoms with E-state index in [4.69, 9.17) is 5.41 Å². The molecule has 2 aliphatic rings. The third-order valence-corrected chi connectivity index (χ3v) is 8.22. The van der Waals surface area contributed by atoms with Crippen LogP contribution in [0.25, 0.3) is 5.57 Å². The molecule has 0 fully saturated rings. The SMILES string of the molecule is CCN(CC)c1ccc(C(=C2C=CC(=N)C=C2)c2ccc3c(c2)N(CCCN(C)C)c2ccccc2C3C)cc1. The number of nitrogens with one attached hydrogen (secondary N) is 1. The van der Waals surface area contributed by atoms with E-state index in [-0.39, 0.29) is 0 Å². The van der Waals surface area contributed by atoms with Crippen molar-refractivity contribution >= 4 is 28.3 Å². The Labute approximate surface area is 240 Å². The van der Waals surface area contributed by atoms with Crippen molar-refractivity contribution in [2.45, 2.75) is 33.1 Å². The zero-order chi connectivity index (χ0) is 28.2. The predicted octanol–water partition coefficient (Wildman–Crippen LogP) is 8.04. The molecule has 1 aliphatic heterocycles. The smallest absolute Gasteiger partial charge is 0.0540 e. The van der Waals surface area contributed by atoms with Crippen LogP contribution in [0.1, 0.15) is 55.4 Å². The van der Waals surface area contributed by atoms with Crippen molar-refractivity contribution in [2.24, 2.45) is 0 Å².